The fourth-order valence-electron chi connectivity index (χ4n) is 3.53. The molecule has 1 amide bonds. The topological polar surface area (TPSA) is 55.1 Å². The van der Waals surface area contributed by atoms with Gasteiger partial charge in [0.2, 0.25) is 5.91 Å². The normalized spacial score (nSPS) is 34.8. The average molecular weight is 238 g/mol. The summed E-state index contributed by atoms with van der Waals surface area (Å²) in [4.78, 5) is 12.1. The van der Waals surface area contributed by atoms with Gasteiger partial charge in [-0.1, -0.05) is 25.7 Å². The zero-order valence-electron chi connectivity index (χ0n) is 11.0. The van der Waals surface area contributed by atoms with Crippen molar-refractivity contribution in [1.82, 2.24) is 5.32 Å². The minimum absolute atomic E-state index is 0.117. The molecule has 17 heavy (non-hydrogen) atoms. The van der Waals surface area contributed by atoms with Crippen molar-refractivity contribution in [3.63, 3.8) is 0 Å². The fourth-order valence-corrected chi connectivity index (χ4v) is 3.53. The third-order valence-corrected chi connectivity index (χ3v) is 4.65. The van der Waals surface area contributed by atoms with E-state index in [1.807, 2.05) is 6.92 Å². The van der Waals surface area contributed by atoms with E-state index in [2.05, 4.69) is 5.32 Å². The number of hydrogen-bond acceptors (Lipinski definition) is 2. The summed E-state index contributed by atoms with van der Waals surface area (Å²) in [5, 5.41) is 3.03. The number of carbonyl (C=O) groups is 1. The molecule has 0 radical (unpaired) electrons. The van der Waals surface area contributed by atoms with Gasteiger partial charge >= 0.3 is 0 Å². The van der Waals surface area contributed by atoms with Crippen LogP contribution in [0.3, 0.4) is 0 Å². The van der Waals surface area contributed by atoms with Gasteiger partial charge in [-0.2, -0.15) is 0 Å². The number of nitrogens with two attached hydrogens (primary N) is 1. The molecule has 3 nitrogen and oxygen atoms in total. The molecule has 0 aromatic heterocycles. The quantitative estimate of drug-likeness (QED) is 0.790. The summed E-state index contributed by atoms with van der Waals surface area (Å²) in [6.07, 6.45) is 8.99. The SMILES string of the molecule is C[C@H](CN)NC(=O)C1CCC2CCCCC2C1. The summed E-state index contributed by atoms with van der Waals surface area (Å²) in [7, 11) is 0. The lowest BCUT2D eigenvalue weighted by molar-refractivity contribution is -0.127. The first-order valence-corrected chi connectivity index (χ1v) is 7.21. The van der Waals surface area contributed by atoms with Crippen LogP contribution in [0.15, 0.2) is 0 Å². The molecule has 0 heterocycles. The van der Waals surface area contributed by atoms with Crippen molar-refractivity contribution in [3.05, 3.63) is 0 Å². The van der Waals surface area contributed by atoms with Crippen molar-refractivity contribution in [2.75, 3.05) is 6.54 Å². The second-order valence-electron chi connectivity index (χ2n) is 5.96. The molecular formula is C14H26N2O. The van der Waals surface area contributed by atoms with Crippen LogP contribution >= 0.6 is 0 Å². The van der Waals surface area contributed by atoms with Crippen LogP contribution in [0.2, 0.25) is 0 Å². The molecule has 0 saturated heterocycles. The Morgan fingerprint density at radius 1 is 1.24 bits per heavy atom. The van der Waals surface area contributed by atoms with E-state index in [4.69, 9.17) is 5.73 Å². The first-order valence-electron chi connectivity index (χ1n) is 7.21. The molecule has 0 bridgehead atoms. The van der Waals surface area contributed by atoms with Gasteiger partial charge in [-0.3, -0.25) is 4.79 Å². The van der Waals surface area contributed by atoms with Crippen molar-refractivity contribution >= 4 is 5.91 Å². The maximum Gasteiger partial charge on any atom is 0.223 e. The van der Waals surface area contributed by atoms with E-state index in [9.17, 15) is 4.79 Å². The molecule has 2 rings (SSSR count). The van der Waals surface area contributed by atoms with E-state index >= 15 is 0 Å². The lowest BCUT2D eigenvalue weighted by Gasteiger charge is -2.39. The fraction of sp³-hybridized carbons (Fsp3) is 0.929. The van der Waals surface area contributed by atoms with E-state index in [1.54, 1.807) is 0 Å². The van der Waals surface area contributed by atoms with E-state index in [0.717, 1.165) is 24.7 Å². The summed E-state index contributed by atoms with van der Waals surface area (Å²) in [5.74, 6) is 2.23. The smallest absolute Gasteiger partial charge is 0.223 e. The molecule has 0 spiro atoms. The van der Waals surface area contributed by atoms with Crippen LogP contribution in [0.1, 0.15) is 51.9 Å². The number of nitrogens with one attached hydrogen (secondary N) is 1. The lowest BCUT2D eigenvalue weighted by Crippen LogP contribution is -2.43. The zero-order valence-corrected chi connectivity index (χ0v) is 11.0. The molecule has 4 atom stereocenters. The molecule has 2 fully saturated rings. The maximum absolute atomic E-state index is 12.1. The van der Waals surface area contributed by atoms with Crippen molar-refractivity contribution in [1.29, 1.82) is 0 Å². The summed E-state index contributed by atoms with van der Waals surface area (Å²) in [5.41, 5.74) is 5.54. The highest BCUT2D eigenvalue weighted by atomic mass is 16.1. The van der Waals surface area contributed by atoms with Crippen LogP contribution in [-0.4, -0.2) is 18.5 Å². The van der Waals surface area contributed by atoms with E-state index in [-0.39, 0.29) is 17.9 Å². The molecule has 2 aliphatic carbocycles. The summed E-state index contributed by atoms with van der Waals surface area (Å²) in [6, 6.07) is 0.117. The highest BCUT2D eigenvalue weighted by Gasteiger charge is 2.35. The lowest BCUT2D eigenvalue weighted by atomic mass is 9.67. The van der Waals surface area contributed by atoms with Crippen molar-refractivity contribution in [2.45, 2.75) is 57.9 Å². The third-order valence-electron chi connectivity index (χ3n) is 4.65. The third kappa shape index (κ3) is 3.21. The largest absolute Gasteiger partial charge is 0.352 e. The Hall–Kier alpha value is -0.570. The van der Waals surface area contributed by atoms with Crippen LogP contribution in [-0.2, 0) is 4.79 Å². The predicted octanol–water partition coefficient (Wildman–Crippen LogP) is 2.06. The molecule has 3 heteroatoms. The molecule has 3 unspecified atom stereocenters. The van der Waals surface area contributed by atoms with Crippen LogP contribution in [0, 0.1) is 17.8 Å². The van der Waals surface area contributed by atoms with Gasteiger partial charge < -0.3 is 11.1 Å². The van der Waals surface area contributed by atoms with Crippen molar-refractivity contribution in [2.24, 2.45) is 23.5 Å². The van der Waals surface area contributed by atoms with Crippen LogP contribution < -0.4 is 11.1 Å². The Bertz CT molecular complexity index is 267. The molecular weight excluding hydrogens is 212 g/mol. The van der Waals surface area contributed by atoms with E-state index in [0.29, 0.717) is 6.54 Å². The Kier molecular flexibility index (Phi) is 4.43. The Morgan fingerprint density at radius 2 is 1.94 bits per heavy atom. The zero-order chi connectivity index (χ0) is 12.3. The standard InChI is InChI=1S/C14H26N2O/c1-10(9-15)16-14(17)13-7-6-11-4-2-3-5-12(11)8-13/h10-13H,2-9,15H2,1H3,(H,16,17)/t10-,11?,12?,13?/m1/s1. The van der Waals surface area contributed by atoms with Crippen LogP contribution in [0.4, 0.5) is 0 Å². The van der Waals surface area contributed by atoms with E-state index in [1.165, 1.54) is 32.1 Å². The molecule has 0 aromatic rings. The number of rotatable bonds is 3. The van der Waals surface area contributed by atoms with Gasteiger partial charge in [0.05, 0.1) is 0 Å². The van der Waals surface area contributed by atoms with Gasteiger partial charge in [-0.25, -0.2) is 0 Å². The van der Waals surface area contributed by atoms with Crippen molar-refractivity contribution < 1.29 is 4.79 Å². The summed E-state index contributed by atoms with van der Waals surface area (Å²) >= 11 is 0. The Balaban J connectivity index is 1.84. The maximum atomic E-state index is 12.1. The average Bonchev–Trinajstić information content (AvgIpc) is 2.38. The van der Waals surface area contributed by atoms with Gasteiger partial charge in [-0.05, 0) is 38.0 Å². The van der Waals surface area contributed by atoms with Gasteiger partial charge in [0.25, 0.3) is 0 Å². The first kappa shape index (κ1) is 12.9. The Labute approximate surface area is 105 Å². The Morgan fingerprint density at radius 3 is 2.65 bits per heavy atom. The van der Waals surface area contributed by atoms with Gasteiger partial charge in [0.15, 0.2) is 0 Å². The first-order chi connectivity index (χ1) is 8.20. The molecule has 2 aliphatic rings. The number of amides is 1. The van der Waals surface area contributed by atoms with Crippen molar-refractivity contribution in [3.8, 4) is 0 Å². The molecule has 2 saturated carbocycles. The highest BCUT2D eigenvalue weighted by molar-refractivity contribution is 5.79. The van der Waals surface area contributed by atoms with Gasteiger partial charge in [0.1, 0.15) is 0 Å². The summed E-state index contributed by atoms with van der Waals surface area (Å²) < 4.78 is 0. The van der Waals surface area contributed by atoms with Gasteiger partial charge in [0, 0.05) is 18.5 Å². The number of carbonyl (C=O) groups excluding carboxylic acids is 1. The monoisotopic (exact) mass is 238 g/mol. The molecule has 3 N–H and O–H groups in total. The summed E-state index contributed by atoms with van der Waals surface area (Å²) in [6.45, 7) is 2.51. The minimum atomic E-state index is 0.117. The predicted molar refractivity (Wildman–Crippen MR) is 69.4 cm³/mol. The van der Waals surface area contributed by atoms with Gasteiger partial charge in [-0.15, -0.1) is 0 Å². The molecule has 98 valence electrons. The molecule has 0 aromatic carbocycles. The second-order valence-corrected chi connectivity index (χ2v) is 5.96. The van der Waals surface area contributed by atoms with Crippen LogP contribution in [0.5, 0.6) is 0 Å². The number of hydrogen-bond donors (Lipinski definition) is 2. The molecule has 0 aliphatic heterocycles. The van der Waals surface area contributed by atoms with Crippen LogP contribution in [0.25, 0.3) is 0 Å². The highest BCUT2D eigenvalue weighted by Crippen LogP contribution is 2.42. The van der Waals surface area contributed by atoms with E-state index < -0.39 is 0 Å². The second kappa shape index (κ2) is 5.85. The minimum Gasteiger partial charge on any atom is -0.352 e. The number of fused-ring (bicyclic) bond motifs is 1.